The van der Waals surface area contributed by atoms with Crippen LogP contribution < -0.4 is 10.6 Å². The number of amides is 1. The SMILES string of the molecule is NC(=NCC(=O)N1CCCCC1)N1CCN(c2ccc(Cl)cc2)CC1. The molecule has 0 saturated carbocycles. The van der Waals surface area contributed by atoms with Crippen molar-refractivity contribution in [2.45, 2.75) is 19.3 Å². The molecule has 2 N–H and O–H groups in total. The van der Waals surface area contributed by atoms with E-state index in [1.54, 1.807) is 0 Å². The van der Waals surface area contributed by atoms with Gasteiger partial charge in [0.2, 0.25) is 5.91 Å². The lowest BCUT2D eigenvalue weighted by atomic mass is 10.1. The Labute approximate surface area is 154 Å². The molecule has 0 atom stereocenters. The van der Waals surface area contributed by atoms with Crippen LogP contribution in [0.1, 0.15) is 19.3 Å². The maximum absolute atomic E-state index is 12.2. The first-order valence-electron chi connectivity index (χ1n) is 8.96. The molecule has 0 aromatic heterocycles. The van der Waals surface area contributed by atoms with Crippen molar-refractivity contribution in [2.24, 2.45) is 10.7 Å². The van der Waals surface area contributed by atoms with Gasteiger partial charge >= 0.3 is 0 Å². The number of aliphatic imine (C=N–C) groups is 1. The van der Waals surface area contributed by atoms with Crippen LogP contribution in [0.3, 0.4) is 0 Å². The summed E-state index contributed by atoms with van der Waals surface area (Å²) < 4.78 is 0. The Morgan fingerprint density at radius 2 is 1.60 bits per heavy atom. The third-order valence-corrected chi connectivity index (χ3v) is 5.13. The van der Waals surface area contributed by atoms with E-state index in [1.807, 2.05) is 29.2 Å². The van der Waals surface area contributed by atoms with Crippen molar-refractivity contribution in [3.63, 3.8) is 0 Å². The van der Waals surface area contributed by atoms with E-state index in [4.69, 9.17) is 17.3 Å². The van der Waals surface area contributed by atoms with Gasteiger partial charge in [-0.1, -0.05) is 11.6 Å². The highest BCUT2D eigenvalue weighted by molar-refractivity contribution is 6.30. The molecule has 2 aliphatic rings. The van der Waals surface area contributed by atoms with Crippen LogP contribution >= 0.6 is 11.6 Å². The molecule has 136 valence electrons. The molecule has 1 aromatic rings. The molecule has 0 unspecified atom stereocenters. The van der Waals surface area contributed by atoms with Crippen molar-refractivity contribution in [2.75, 3.05) is 50.7 Å². The van der Waals surface area contributed by atoms with Crippen LogP contribution in [0, 0.1) is 0 Å². The summed E-state index contributed by atoms with van der Waals surface area (Å²) in [6.45, 7) is 5.22. The number of hydrogen-bond donors (Lipinski definition) is 1. The number of nitrogens with zero attached hydrogens (tertiary/aromatic N) is 4. The van der Waals surface area contributed by atoms with Crippen molar-refractivity contribution in [3.8, 4) is 0 Å². The predicted molar refractivity (Wildman–Crippen MR) is 102 cm³/mol. The summed E-state index contributed by atoms with van der Waals surface area (Å²) in [5, 5.41) is 0.747. The Morgan fingerprint density at radius 3 is 2.24 bits per heavy atom. The minimum atomic E-state index is 0.0856. The van der Waals surface area contributed by atoms with Gasteiger partial charge < -0.3 is 20.4 Å². The number of hydrogen-bond acceptors (Lipinski definition) is 3. The predicted octanol–water partition coefficient (Wildman–Crippen LogP) is 1.79. The Balaban J connectivity index is 1.48. The van der Waals surface area contributed by atoms with E-state index in [9.17, 15) is 4.79 Å². The van der Waals surface area contributed by atoms with Gasteiger partial charge in [0.1, 0.15) is 6.54 Å². The summed E-state index contributed by atoms with van der Waals surface area (Å²) in [6, 6.07) is 7.88. The second-order valence-electron chi connectivity index (χ2n) is 6.57. The third-order valence-electron chi connectivity index (χ3n) is 4.88. The van der Waals surface area contributed by atoms with E-state index in [0.29, 0.717) is 5.96 Å². The first-order chi connectivity index (χ1) is 12.1. The molecule has 2 saturated heterocycles. The number of likely N-dealkylation sites (tertiary alicyclic amines) is 1. The van der Waals surface area contributed by atoms with Gasteiger partial charge in [-0.15, -0.1) is 0 Å². The molecule has 1 aromatic carbocycles. The number of piperazine rings is 1. The van der Waals surface area contributed by atoms with E-state index < -0.39 is 0 Å². The monoisotopic (exact) mass is 363 g/mol. The number of carbonyl (C=O) groups excluding carboxylic acids is 1. The molecule has 6 nitrogen and oxygen atoms in total. The van der Waals surface area contributed by atoms with Crippen molar-refractivity contribution in [1.82, 2.24) is 9.80 Å². The minimum Gasteiger partial charge on any atom is -0.370 e. The summed E-state index contributed by atoms with van der Waals surface area (Å²) in [5.41, 5.74) is 7.27. The lowest BCUT2D eigenvalue weighted by Crippen LogP contribution is -2.51. The average Bonchev–Trinajstić information content (AvgIpc) is 2.67. The van der Waals surface area contributed by atoms with Crippen LogP contribution in [-0.4, -0.2) is 67.5 Å². The zero-order valence-corrected chi connectivity index (χ0v) is 15.3. The van der Waals surface area contributed by atoms with Gasteiger partial charge in [-0.3, -0.25) is 4.79 Å². The number of rotatable bonds is 3. The molecule has 0 spiro atoms. The molecule has 25 heavy (non-hydrogen) atoms. The smallest absolute Gasteiger partial charge is 0.244 e. The number of piperidine rings is 1. The second kappa shape index (κ2) is 8.43. The average molecular weight is 364 g/mol. The fraction of sp³-hybridized carbons (Fsp3) is 0.556. The number of benzene rings is 1. The third kappa shape index (κ3) is 4.78. The van der Waals surface area contributed by atoms with Gasteiger partial charge in [0, 0.05) is 50.0 Å². The molecule has 0 bridgehead atoms. The molecule has 7 heteroatoms. The Kier molecular flexibility index (Phi) is 6.02. The Hall–Kier alpha value is -1.95. The fourth-order valence-electron chi connectivity index (χ4n) is 3.34. The van der Waals surface area contributed by atoms with Crippen LogP contribution in [-0.2, 0) is 4.79 Å². The number of carbonyl (C=O) groups is 1. The topological polar surface area (TPSA) is 65.2 Å². The second-order valence-corrected chi connectivity index (χ2v) is 7.00. The summed E-state index contributed by atoms with van der Waals surface area (Å²) >= 11 is 5.94. The van der Waals surface area contributed by atoms with Gasteiger partial charge in [0.05, 0.1) is 0 Å². The molecular formula is C18H26ClN5O. The van der Waals surface area contributed by atoms with Crippen LogP contribution in [0.15, 0.2) is 29.3 Å². The van der Waals surface area contributed by atoms with Crippen molar-refractivity contribution in [3.05, 3.63) is 29.3 Å². The lowest BCUT2D eigenvalue weighted by molar-refractivity contribution is -0.130. The minimum absolute atomic E-state index is 0.0856. The number of guanidine groups is 1. The van der Waals surface area contributed by atoms with Crippen molar-refractivity contribution < 1.29 is 4.79 Å². The highest BCUT2D eigenvalue weighted by Gasteiger charge is 2.20. The highest BCUT2D eigenvalue weighted by Crippen LogP contribution is 2.19. The van der Waals surface area contributed by atoms with E-state index in [1.165, 1.54) is 12.1 Å². The first kappa shape index (κ1) is 17.9. The van der Waals surface area contributed by atoms with Crippen LogP contribution in [0.25, 0.3) is 0 Å². The number of halogens is 1. The maximum Gasteiger partial charge on any atom is 0.244 e. The van der Waals surface area contributed by atoms with Crippen LogP contribution in [0.4, 0.5) is 5.69 Å². The van der Waals surface area contributed by atoms with Crippen LogP contribution in [0.5, 0.6) is 0 Å². The molecule has 0 aliphatic carbocycles. The van der Waals surface area contributed by atoms with Gasteiger partial charge in [0.25, 0.3) is 0 Å². The molecule has 3 rings (SSSR count). The van der Waals surface area contributed by atoms with E-state index in [0.717, 1.165) is 57.1 Å². The first-order valence-corrected chi connectivity index (χ1v) is 9.34. The fourth-order valence-corrected chi connectivity index (χ4v) is 3.46. The van der Waals surface area contributed by atoms with Crippen LogP contribution in [0.2, 0.25) is 5.02 Å². The molecule has 2 aliphatic heterocycles. The number of anilines is 1. The lowest BCUT2D eigenvalue weighted by Gasteiger charge is -2.36. The summed E-state index contributed by atoms with van der Waals surface area (Å²) in [5.74, 6) is 0.559. The Bertz CT molecular complexity index is 604. The summed E-state index contributed by atoms with van der Waals surface area (Å²) in [7, 11) is 0. The maximum atomic E-state index is 12.2. The highest BCUT2D eigenvalue weighted by atomic mass is 35.5. The molecule has 0 radical (unpaired) electrons. The van der Waals surface area contributed by atoms with Gasteiger partial charge in [-0.05, 0) is 43.5 Å². The summed E-state index contributed by atoms with van der Waals surface area (Å²) in [6.07, 6.45) is 3.41. The quantitative estimate of drug-likeness (QED) is 0.656. The normalized spacial score (nSPS) is 19.2. The standard InChI is InChI=1S/C18H26ClN5O/c19-15-4-6-16(7-5-15)22-10-12-24(13-11-22)18(20)21-14-17(25)23-8-2-1-3-9-23/h4-7H,1-3,8-14H2,(H2,20,21). The molecule has 2 fully saturated rings. The Morgan fingerprint density at radius 1 is 0.960 bits per heavy atom. The molecule has 2 heterocycles. The van der Waals surface area contributed by atoms with Crippen molar-refractivity contribution >= 4 is 29.2 Å². The molecule has 1 amide bonds. The number of nitrogens with two attached hydrogens (primary N) is 1. The molecular weight excluding hydrogens is 338 g/mol. The van der Waals surface area contributed by atoms with Gasteiger partial charge in [0.15, 0.2) is 5.96 Å². The zero-order chi connectivity index (χ0) is 17.6. The van der Waals surface area contributed by atoms with Gasteiger partial charge in [-0.25, -0.2) is 4.99 Å². The van der Waals surface area contributed by atoms with E-state index in [2.05, 4.69) is 14.8 Å². The largest absolute Gasteiger partial charge is 0.370 e. The van der Waals surface area contributed by atoms with Gasteiger partial charge in [-0.2, -0.15) is 0 Å². The zero-order valence-electron chi connectivity index (χ0n) is 14.5. The summed E-state index contributed by atoms with van der Waals surface area (Å²) in [4.78, 5) is 22.8. The van der Waals surface area contributed by atoms with E-state index >= 15 is 0 Å². The van der Waals surface area contributed by atoms with E-state index in [-0.39, 0.29) is 12.5 Å². The van der Waals surface area contributed by atoms with Crippen molar-refractivity contribution in [1.29, 1.82) is 0 Å².